The lowest BCUT2D eigenvalue weighted by atomic mass is 10.0. The van der Waals surface area contributed by atoms with Gasteiger partial charge in [-0.2, -0.15) is 0 Å². The summed E-state index contributed by atoms with van der Waals surface area (Å²) in [7, 11) is 1.53. The Bertz CT molecular complexity index is 1910. The van der Waals surface area contributed by atoms with E-state index < -0.39 is 17.1 Å². The third-order valence-electron chi connectivity index (χ3n) is 7.10. The molecule has 1 unspecified atom stereocenters. The van der Waals surface area contributed by atoms with E-state index in [2.05, 4.69) is 16.0 Å². The van der Waals surface area contributed by atoms with Crippen LogP contribution in [0.15, 0.2) is 126 Å². The van der Waals surface area contributed by atoms with Crippen molar-refractivity contribution in [3.05, 3.63) is 137 Å². The molecule has 0 radical (unpaired) electrons. The maximum Gasteiger partial charge on any atom is 0.272 e. The molecule has 3 N–H and O–H groups in total. The molecule has 5 aromatic carbocycles. The highest BCUT2D eigenvalue weighted by Crippen LogP contribution is 2.31. The summed E-state index contributed by atoms with van der Waals surface area (Å²) in [6.07, 6.45) is 2.25. The van der Waals surface area contributed by atoms with Crippen LogP contribution in [-0.4, -0.2) is 30.1 Å². The highest BCUT2D eigenvalue weighted by Gasteiger charge is 2.20. The maximum absolute atomic E-state index is 13.7. The van der Waals surface area contributed by atoms with E-state index in [0.717, 1.165) is 21.2 Å². The molecule has 0 aliphatic heterocycles. The summed E-state index contributed by atoms with van der Waals surface area (Å²) in [5.74, 6) is -0.538. The Morgan fingerprint density at radius 3 is 2.30 bits per heavy atom. The second kappa shape index (κ2) is 15.3. The summed E-state index contributed by atoms with van der Waals surface area (Å²) in [6.45, 7) is 1.93. The van der Waals surface area contributed by atoms with E-state index in [4.69, 9.17) is 16.3 Å². The predicted octanol–water partition coefficient (Wildman–Crippen LogP) is 8.42. The number of nitrogens with one attached hydrogen (secondary N) is 3. The van der Waals surface area contributed by atoms with Crippen LogP contribution < -0.4 is 20.7 Å². The van der Waals surface area contributed by atoms with Gasteiger partial charge in [-0.1, -0.05) is 85.3 Å². The number of carbonyl (C=O) groups is 3. The smallest absolute Gasteiger partial charge is 0.272 e. The zero-order valence-electron chi connectivity index (χ0n) is 25.3. The molecule has 7 nitrogen and oxygen atoms in total. The Morgan fingerprint density at radius 1 is 0.826 bits per heavy atom. The van der Waals surface area contributed by atoms with Gasteiger partial charge in [0.2, 0.25) is 5.91 Å². The molecular formula is C37H32ClN3O4S. The molecule has 0 aliphatic carbocycles. The van der Waals surface area contributed by atoms with Crippen molar-refractivity contribution < 1.29 is 19.1 Å². The van der Waals surface area contributed by atoms with Crippen LogP contribution in [0.1, 0.15) is 29.3 Å². The van der Waals surface area contributed by atoms with Gasteiger partial charge in [-0.25, -0.2) is 0 Å². The van der Waals surface area contributed by atoms with Crippen molar-refractivity contribution in [2.75, 3.05) is 17.7 Å². The van der Waals surface area contributed by atoms with Crippen molar-refractivity contribution in [2.45, 2.75) is 23.5 Å². The van der Waals surface area contributed by atoms with Crippen LogP contribution in [0.4, 0.5) is 11.4 Å². The first kappa shape index (κ1) is 32.3. The average molecular weight is 650 g/mol. The van der Waals surface area contributed by atoms with Crippen LogP contribution in [0, 0.1) is 0 Å². The Morgan fingerprint density at radius 2 is 1.54 bits per heavy atom. The number of rotatable bonds is 11. The molecule has 232 valence electrons. The first-order valence-electron chi connectivity index (χ1n) is 14.6. The summed E-state index contributed by atoms with van der Waals surface area (Å²) < 4.78 is 5.19. The van der Waals surface area contributed by atoms with E-state index in [1.54, 1.807) is 60.7 Å². The molecular weight excluding hydrogens is 618 g/mol. The number of anilines is 2. The normalized spacial score (nSPS) is 11.8. The van der Waals surface area contributed by atoms with Gasteiger partial charge < -0.3 is 20.7 Å². The quantitative estimate of drug-likeness (QED) is 0.0986. The van der Waals surface area contributed by atoms with Gasteiger partial charge in [0.05, 0.1) is 17.4 Å². The van der Waals surface area contributed by atoms with Crippen LogP contribution in [0.3, 0.4) is 0 Å². The third-order valence-corrected chi connectivity index (χ3v) is 8.76. The van der Waals surface area contributed by atoms with Crippen molar-refractivity contribution in [2.24, 2.45) is 0 Å². The second-order valence-electron chi connectivity index (χ2n) is 10.3. The number of halogens is 1. The number of methoxy groups -OCH3 is 1. The molecule has 3 amide bonds. The van der Waals surface area contributed by atoms with Crippen molar-refractivity contribution in [3.63, 3.8) is 0 Å². The molecule has 46 heavy (non-hydrogen) atoms. The van der Waals surface area contributed by atoms with Crippen LogP contribution >= 0.6 is 23.4 Å². The minimum absolute atomic E-state index is 0.0900. The number of hydrogen-bond acceptors (Lipinski definition) is 5. The highest BCUT2D eigenvalue weighted by atomic mass is 35.5. The van der Waals surface area contributed by atoms with E-state index in [1.165, 1.54) is 18.9 Å². The summed E-state index contributed by atoms with van der Waals surface area (Å²) in [4.78, 5) is 40.8. The average Bonchev–Trinajstić information content (AvgIpc) is 3.07. The number of carbonyl (C=O) groups excluding carboxylic acids is 3. The van der Waals surface area contributed by atoms with E-state index in [1.807, 2.05) is 67.6 Å². The van der Waals surface area contributed by atoms with Crippen LogP contribution in [0.25, 0.3) is 16.8 Å². The molecule has 0 aliphatic rings. The standard InChI is InChI=1S/C37H32ClN3O4S/c1-3-34(37(44)40-28-19-20-33(45-2)31(38)23-28)46-29-17-10-16-27(22-29)39-36(43)32(41-35(42)25-12-5-4-6-13-25)21-26-15-9-14-24-11-7-8-18-30(24)26/h4-23,34H,3H2,1-2H3,(H,39,43)(H,40,44)(H,41,42)/b32-21+. The summed E-state index contributed by atoms with van der Waals surface area (Å²) in [5, 5.41) is 10.6. The lowest BCUT2D eigenvalue weighted by molar-refractivity contribution is -0.116. The highest BCUT2D eigenvalue weighted by molar-refractivity contribution is 8.00. The Labute approximate surface area is 277 Å². The van der Waals surface area contributed by atoms with E-state index in [-0.39, 0.29) is 11.6 Å². The fourth-order valence-electron chi connectivity index (χ4n) is 4.77. The van der Waals surface area contributed by atoms with E-state index >= 15 is 0 Å². The molecule has 0 heterocycles. The number of amides is 3. The third kappa shape index (κ3) is 8.15. The van der Waals surface area contributed by atoms with Crippen molar-refractivity contribution in [3.8, 4) is 5.75 Å². The Kier molecular flexibility index (Phi) is 10.8. The molecule has 0 aromatic heterocycles. The zero-order valence-corrected chi connectivity index (χ0v) is 26.8. The molecule has 0 saturated carbocycles. The second-order valence-corrected chi connectivity index (χ2v) is 12.0. The van der Waals surface area contributed by atoms with Crippen molar-refractivity contribution >= 4 is 69.3 Å². The number of ether oxygens (including phenoxy) is 1. The zero-order chi connectivity index (χ0) is 32.5. The number of benzene rings is 5. The molecule has 0 saturated heterocycles. The topological polar surface area (TPSA) is 96.5 Å². The maximum atomic E-state index is 13.7. The molecule has 5 rings (SSSR count). The van der Waals surface area contributed by atoms with Crippen molar-refractivity contribution in [1.82, 2.24) is 5.32 Å². The number of fused-ring (bicyclic) bond motifs is 1. The van der Waals surface area contributed by atoms with Gasteiger partial charge in [-0.15, -0.1) is 11.8 Å². The largest absolute Gasteiger partial charge is 0.495 e. The lowest BCUT2D eigenvalue weighted by Crippen LogP contribution is -2.30. The summed E-state index contributed by atoms with van der Waals surface area (Å²) >= 11 is 7.61. The first-order valence-corrected chi connectivity index (χ1v) is 15.9. The van der Waals surface area contributed by atoms with Gasteiger partial charge in [0.25, 0.3) is 11.8 Å². The Hall–Kier alpha value is -5.05. The number of hydrogen-bond donors (Lipinski definition) is 3. The fourth-order valence-corrected chi connectivity index (χ4v) is 6.04. The van der Waals surface area contributed by atoms with Gasteiger partial charge in [-0.05, 0) is 77.4 Å². The molecule has 0 bridgehead atoms. The minimum atomic E-state index is -0.486. The molecule has 5 aromatic rings. The monoisotopic (exact) mass is 649 g/mol. The van der Waals surface area contributed by atoms with Gasteiger partial charge >= 0.3 is 0 Å². The van der Waals surface area contributed by atoms with Gasteiger partial charge in [0, 0.05) is 21.8 Å². The van der Waals surface area contributed by atoms with E-state index in [0.29, 0.717) is 34.1 Å². The summed E-state index contributed by atoms with van der Waals surface area (Å²) in [6, 6.07) is 34.7. The predicted molar refractivity (Wildman–Crippen MR) is 187 cm³/mol. The van der Waals surface area contributed by atoms with Gasteiger partial charge in [-0.3, -0.25) is 14.4 Å². The van der Waals surface area contributed by atoms with Crippen LogP contribution in [0.5, 0.6) is 5.75 Å². The minimum Gasteiger partial charge on any atom is -0.495 e. The molecule has 9 heteroatoms. The van der Waals surface area contributed by atoms with Crippen LogP contribution in [-0.2, 0) is 9.59 Å². The first-order chi connectivity index (χ1) is 22.3. The van der Waals surface area contributed by atoms with Crippen LogP contribution in [0.2, 0.25) is 5.02 Å². The number of thioether (sulfide) groups is 1. The van der Waals surface area contributed by atoms with Gasteiger partial charge in [0.15, 0.2) is 0 Å². The molecule has 0 spiro atoms. The van der Waals surface area contributed by atoms with E-state index in [9.17, 15) is 14.4 Å². The Balaban J connectivity index is 1.35. The molecule has 0 fully saturated rings. The van der Waals surface area contributed by atoms with Crippen molar-refractivity contribution in [1.29, 1.82) is 0 Å². The fraction of sp³-hybridized carbons (Fsp3) is 0.108. The molecule has 1 atom stereocenters. The lowest BCUT2D eigenvalue weighted by Gasteiger charge is -2.16. The van der Waals surface area contributed by atoms with Gasteiger partial charge in [0.1, 0.15) is 11.4 Å². The summed E-state index contributed by atoms with van der Waals surface area (Å²) in [5.41, 5.74) is 2.39. The SMILES string of the molecule is CCC(Sc1cccc(NC(=O)/C(=C\c2cccc3ccccc23)NC(=O)c2ccccc2)c1)C(=O)Nc1ccc(OC)c(Cl)c1.